The third kappa shape index (κ3) is 4.09. The number of methoxy groups -OCH3 is 1. The van der Waals surface area contributed by atoms with E-state index in [2.05, 4.69) is 0 Å². The van der Waals surface area contributed by atoms with Crippen LogP contribution in [0, 0.1) is 0 Å². The van der Waals surface area contributed by atoms with Crippen molar-refractivity contribution in [2.24, 2.45) is 0 Å². The summed E-state index contributed by atoms with van der Waals surface area (Å²) in [5.74, 6) is 1.51. The smallest absolute Gasteiger partial charge is 0.165 e. The molecule has 0 amide bonds. The zero-order valence-electron chi connectivity index (χ0n) is 12.5. The Morgan fingerprint density at radius 2 is 1.81 bits per heavy atom. The van der Waals surface area contributed by atoms with Crippen LogP contribution in [0.2, 0.25) is 0 Å². The molecule has 0 bridgehead atoms. The molecule has 0 unspecified atom stereocenters. The van der Waals surface area contributed by atoms with Crippen molar-refractivity contribution in [2.75, 3.05) is 7.11 Å². The number of benzene rings is 2. The van der Waals surface area contributed by atoms with Crippen LogP contribution in [-0.2, 0) is 17.8 Å². The monoisotopic (exact) mass is 284 g/mol. The maximum atomic E-state index is 11.7. The molecule has 0 N–H and O–H groups in total. The van der Waals surface area contributed by atoms with Crippen molar-refractivity contribution in [3.05, 3.63) is 59.7 Å². The Morgan fingerprint density at radius 3 is 2.48 bits per heavy atom. The fraction of sp³-hybridized carbons (Fsp3) is 0.278. The first kappa shape index (κ1) is 15.1. The van der Waals surface area contributed by atoms with Gasteiger partial charge in [-0.15, -0.1) is 0 Å². The number of rotatable bonds is 7. The van der Waals surface area contributed by atoms with E-state index < -0.39 is 0 Å². The lowest BCUT2D eigenvalue weighted by molar-refractivity contribution is -0.118. The van der Waals surface area contributed by atoms with Gasteiger partial charge in [0.25, 0.3) is 0 Å². The Balaban J connectivity index is 2.20. The molecule has 2 aromatic carbocycles. The topological polar surface area (TPSA) is 35.5 Å². The van der Waals surface area contributed by atoms with Crippen LogP contribution in [0.3, 0.4) is 0 Å². The zero-order valence-corrected chi connectivity index (χ0v) is 12.5. The highest BCUT2D eigenvalue weighted by Gasteiger charge is 2.13. The van der Waals surface area contributed by atoms with Crippen molar-refractivity contribution in [1.29, 1.82) is 0 Å². The molecule has 21 heavy (non-hydrogen) atoms. The van der Waals surface area contributed by atoms with Gasteiger partial charge in [-0.2, -0.15) is 0 Å². The van der Waals surface area contributed by atoms with Gasteiger partial charge in [0.2, 0.25) is 0 Å². The maximum absolute atomic E-state index is 11.7. The Labute approximate surface area is 125 Å². The van der Waals surface area contributed by atoms with Crippen LogP contribution in [0.1, 0.15) is 24.5 Å². The number of ketones is 1. The van der Waals surface area contributed by atoms with E-state index in [9.17, 15) is 4.79 Å². The van der Waals surface area contributed by atoms with E-state index in [1.807, 2.05) is 55.5 Å². The van der Waals surface area contributed by atoms with Gasteiger partial charge in [0.1, 0.15) is 12.4 Å². The molecule has 2 rings (SSSR count). The van der Waals surface area contributed by atoms with Gasteiger partial charge in [-0.1, -0.05) is 49.4 Å². The molecule has 0 saturated heterocycles. The van der Waals surface area contributed by atoms with Gasteiger partial charge in [0, 0.05) is 18.4 Å². The van der Waals surface area contributed by atoms with Gasteiger partial charge in [0.15, 0.2) is 11.5 Å². The minimum Gasteiger partial charge on any atom is -0.493 e. The molecule has 110 valence electrons. The van der Waals surface area contributed by atoms with E-state index in [-0.39, 0.29) is 5.78 Å². The lowest BCUT2D eigenvalue weighted by Gasteiger charge is -2.14. The molecule has 0 saturated carbocycles. The molecule has 0 fully saturated rings. The number of hydrogen-bond acceptors (Lipinski definition) is 3. The fourth-order valence-electron chi connectivity index (χ4n) is 2.09. The highest BCUT2D eigenvalue weighted by Crippen LogP contribution is 2.32. The molecule has 3 heteroatoms. The quantitative estimate of drug-likeness (QED) is 0.776. The zero-order chi connectivity index (χ0) is 15.1. The summed E-state index contributed by atoms with van der Waals surface area (Å²) >= 11 is 0. The second kappa shape index (κ2) is 7.48. The van der Waals surface area contributed by atoms with E-state index >= 15 is 0 Å². The lowest BCUT2D eigenvalue weighted by atomic mass is 10.1. The average molecular weight is 284 g/mol. The first-order valence-electron chi connectivity index (χ1n) is 7.09. The highest BCUT2D eigenvalue weighted by atomic mass is 16.5. The Kier molecular flexibility index (Phi) is 5.38. The fourth-order valence-corrected chi connectivity index (χ4v) is 2.09. The van der Waals surface area contributed by atoms with Gasteiger partial charge >= 0.3 is 0 Å². The second-order valence-corrected chi connectivity index (χ2v) is 4.79. The number of carbonyl (C=O) groups excluding carboxylic acids is 1. The van der Waals surface area contributed by atoms with E-state index in [1.54, 1.807) is 7.11 Å². The third-order valence-electron chi connectivity index (χ3n) is 3.29. The minimum atomic E-state index is 0.188. The van der Waals surface area contributed by atoms with Crippen molar-refractivity contribution in [1.82, 2.24) is 0 Å². The molecule has 0 spiro atoms. The van der Waals surface area contributed by atoms with E-state index in [4.69, 9.17) is 9.47 Å². The molecule has 0 aliphatic carbocycles. The van der Waals surface area contributed by atoms with Crippen LogP contribution in [0.25, 0.3) is 0 Å². The summed E-state index contributed by atoms with van der Waals surface area (Å²) in [7, 11) is 1.61. The van der Waals surface area contributed by atoms with Crippen LogP contribution in [0.15, 0.2) is 48.5 Å². The predicted molar refractivity (Wildman–Crippen MR) is 82.8 cm³/mol. The molecule has 3 nitrogen and oxygen atoms in total. The van der Waals surface area contributed by atoms with Crippen LogP contribution in [-0.4, -0.2) is 12.9 Å². The predicted octanol–water partition coefficient (Wildman–Crippen LogP) is 3.80. The van der Waals surface area contributed by atoms with Crippen molar-refractivity contribution < 1.29 is 14.3 Å². The molecular formula is C18H20O3. The molecule has 0 aliphatic rings. The van der Waals surface area contributed by atoms with Crippen LogP contribution < -0.4 is 9.47 Å². The Morgan fingerprint density at radius 1 is 1.05 bits per heavy atom. The largest absolute Gasteiger partial charge is 0.493 e. The van der Waals surface area contributed by atoms with Gasteiger partial charge in [-0.25, -0.2) is 0 Å². The van der Waals surface area contributed by atoms with E-state index in [0.29, 0.717) is 30.9 Å². The van der Waals surface area contributed by atoms with Gasteiger partial charge in [0.05, 0.1) is 7.11 Å². The van der Waals surface area contributed by atoms with E-state index in [0.717, 1.165) is 11.1 Å². The molecule has 0 aliphatic heterocycles. The summed E-state index contributed by atoms with van der Waals surface area (Å²) in [4.78, 5) is 11.7. The van der Waals surface area contributed by atoms with Crippen LogP contribution in [0.4, 0.5) is 0 Å². The molecule has 0 radical (unpaired) electrons. The summed E-state index contributed by atoms with van der Waals surface area (Å²) < 4.78 is 11.3. The van der Waals surface area contributed by atoms with Crippen molar-refractivity contribution in [3.63, 3.8) is 0 Å². The SMILES string of the molecule is CCC(=O)Cc1cccc(OC)c1OCc1ccccc1. The molecular weight excluding hydrogens is 264 g/mol. The van der Waals surface area contributed by atoms with Gasteiger partial charge in [-0.05, 0) is 11.6 Å². The summed E-state index contributed by atoms with van der Waals surface area (Å²) in [5.41, 5.74) is 1.95. The summed E-state index contributed by atoms with van der Waals surface area (Å²) in [6.45, 7) is 2.32. The van der Waals surface area contributed by atoms with E-state index in [1.165, 1.54) is 0 Å². The molecule has 0 atom stereocenters. The lowest BCUT2D eigenvalue weighted by Crippen LogP contribution is -2.05. The highest BCUT2D eigenvalue weighted by molar-refractivity contribution is 5.81. The first-order valence-corrected chi connectivity index (χ1v) is 7.09. The number of para-hydroxylation sites is 1. The number of hydrogen-bond donors (Lipinski definition) is 0. The Hall–Kier alpha value is -2.29. The molecule has 0 aromatic heterocycles. The van der Waals surface area contributed by atoms with Crippen LogP contribution >= 0.6 is 0 Å². The van der Waals surface area contributed by atoms with Crippen LogP contribution in [0.5, 0.6) is 11.5 Å². The van der Waals surface area contributed by atoms with Gasteiger partial charge in [-0.3, -0.25) is 4.79 Å². The maximum Gasteiger partial charge on any atom is 0.165 e. The summed E-state index contributed by atoms with van der Waals surface area (Å²) in [6.07, 6.45) is 0.896. The normalized spacial score (nSPS) is 10.2. The third-order valence-corrected chi connectivity index (χ3v) is 3.29. The first-order chi connectivity index (χ1) is 10.2. The number of carbonyl (C=O) groups is 1. The standard InChI is InChI=1S/C18H20O3/c1-3-16(19)12-15-10-7-11-17(20-2)18(15)21-13-14-8-5-4-6-9-14/h4-11H,3,12-13H2,1-2H3. The molecule has 2 aromatic rings. The number of Topliss-reactive ketones (excluding diaryl/α,β-unsaturated/α-hetero) is 1. The van der Waals surface area contributed by atoms with Crippen molar-refractivity contribution in [2.45, 2.75) is 26.4 Å². The van der Waals surface area contributed by atoms with Crippen molar-refractivity contribution in [3.8, 4) is 11.5 Å². The second-order valence-electron chi connectivity index (χ2n) is 4.79. The average Bonchev–Trinajstić information content (AvgIpc) is 2.54. The summed E-state index contributed by atoms with van der Waals surface area (Å²) in [6, 6.07) is 15.6. The molecule has 0 heterocycles. The summed E-state index contributed by atoms with van der Waals surface area (Å²) in [5, 5.41) is 0. The number of ether oxygens (including phenoxy) is 2. The Bertz CT molecular complexity index is 591. The van der Waals surface area contributed by atoms with Gasteiger partial charge < -0.3 is 9.47 Å². The van der Waals surface area contributed by atoms with Crippen molar-refractivity contribution >= 4 is 5.78 Å². The minimum absolute atomic E-state index is 0.188.